The van der Waals surface area contributed by atoms with Crippen molar-refractivity contribution < 1.29 is 18.4 Å². The number of thioether (sulfide) groups is 1. The minimum atomic E-state index is -1.06. The molecule has 0 saturated heterocycles. The van der Waals surface area contributed by atoms with E-state index in [1.165, 1.54) is 5.01 Å². The quantitative estimate of drug-likeness (QED) is 0.261. The van der Waals surface area contributed by atoms with Crippen molar-refractivity contribution in [2.75, 3.05) is 6.61 Å². The van der Waals surface area contributed by atoms with Crippen molar-refractivity contribution in [3.05, 3.63) is 71.3 Å². The lowest BCUT2D eigenvalue weighted by Crippen LogP contribution is -2.44. The molecule has 0 bridgehead atoms. The highest BCUT2D eigenvalue weighted by atomic mass is 32.2. The molecular weight excluding hydrogens is 424 g/mol. The second-order valence-corrected chi connectivity index (χ2v) is 8.47. The van der Waals surface area contributed by atoms with Crippen LogP contribution in [0.15, 0.2) is 53.6 Å². The Morgan fingerprint density at radius 1 is 1.29 bits per heavy atom. The van der Waals surface area contributed by atoms with Crippen LogP contribution in [0.5, 0.6) is 0 Å². The number of halogens is 2. The van der Waals surface area contributed by atoms with Crippen molar-refractivity contribution in [1.82, 2.24) is 10.5 Å². The third-order valence-electron chi connectivity index (χ3n) is 4.61. The van der Waals surface area contributed by atoms with Crippen molar-refractivity contribution in [2.45, 2.75) is 25.1 Å². The van der Waals surface area contributed by atoms with Gasteiger partial charge in [-0.1, -0.05) is 55.9 Å². The van der Waals surface area contributed by atoms with Crippen LogP contribution in [0.25, 0.3) is 0 Å². The molecule has 1 atom stereocenters. The summed E-state index contributed by atoms with van der Waals surface area (Å²) in [5, 5.41) is 13.2. The normalized spacial score (nSPS) is 18.2. The van der Waals surface area contributed by atoms with Crippen LogP contribution >= 0.6 is 11.8 Å². The third kappa shape index (κ3) is 4.86. The van der Waals surface area contributed by atoms with Gasteiger partial charge in [0.05, 0.1) is 6.61 Å². The molecule has 2 aromatic carbocycles. The van der Waals surface area contributed by atoms with Gasteiger partial charge in [0.25, 0.3) is 0 Å². The van der Waals surface area contributed by atoms with Crippen LogP contribution in [0.2, 0.25) is 0 Å². The Balaban J connectivity index is 2.07. The number of benzene rings is 2. The van der Waals surface area contributed by atoms with Gasteiger partial charge in [0, 0.05) is 17.9 Å². The largest absolute Gasteiger partial charge is 0.368 e. The number of hydrogen-bond donors (Lipinski definition) is 3. The highest BCUT2D eigenvalue weighted by Gasteiger charge is 2.49. The van der Waals surface area contributed by atoms with Crippen molar-refractivity contribution >= 4 is 28.7 Å². The zero-order valence-corrected chi connectivity index (χ0v) is 17.9. The number of carbonyl (C=O) groups is 1. The van der Waals surface area contributed by atoms with Crippen LogP contribution in [0.4, 0.5) is 8.78 Å². The highest BCUT2D eigenvalue weighted by Crippen LogP contribution is 2.50. The van der Waals surface area contributed by atoms with E-state index in [0.29, 0.717) is 0 Å². The van der Waals surface area contributed by atoms with Crippen LogP contribution in [0.1, 0.15) is 31.4 Å². The van der Waals surface area contributed by atoms with Crippen LogP contribution in [-0.2, 0) is 14.5 Å². The van der Waals surface area contributed by atoms with Crippen molar-refractivity contribution in [3.63, 3.8) is 0 Å². The van der Waals surface area contributed by atoms with E-state index in [0.717, 1.165) is 35.5 Å². The highest BCUT2D eigenvalue weighted by molar-refractivity contribution is 8.15. The molecule has 10 heteroatoms. The fraction of sp³-hybridized carbons (Fsp3) is 0.286. The van der Waals surface area contributed by atoms with Crippen LogP contribution in [-0.4, -0.2) is 28.5 Å². The van der Waals surface area contributed by atoms with Gasteiger partial charge in [0.1, 0.15) is 21.5 Å². The Morgan fingerprint density at radius 3 is 2.65 bits per heavy atom. The molecular formula is C21H23F2N5O2S. The minimum Gasteiger partial charge on any atom is -0.368 e. The van der Waals surface area contributed by atoms with E-state index in [4.69, 9.17) is 16.0 Å². The van der Waals surface area contributed by atoms with Gasteiger partial charge >= 0.3 is 0 Å². The Morgan fingerprint density at radius 2 is 2.00 bits per heavy atom. The second kappa shape index (κ2) is 9.44. The number of carbonyl (C=O) groups excluding carboxylic acids is 1. The first-order valence-electron chi connectivity index (χ1n) is 9.59. The van der Waals surface area contributed by atoms with Gasteiger partial charge in [0.2, 0.25) is 11.9 Å². The summed E-state index contributed by atoms with van der Waals surface area (Å²) in [5.74, 6) is -2.26. The van der Waals surface area contributed by atoms with Crippen molar-refractivity contribution in [3.8, 4) is 0 Å². The first kappa shape index (κ1) is 22.7. The fourth-order valence-electron chi connectivity index (χ4n) is 3.14. The molecule has 0 fully saturated rings. The van der Waals surface area contributed by atoms with E-state index in [9.17, 15) is 13.6 Å². The SMILES string of the molecule is CC(C)C(=O)N1N=C(c2cc(F)ccc2F)S[C@@]1(CCONC(=N)N)c1ccccc1. The number of rotatable bonds is 7. The van der Waals surface area contributed by atoms with Gasteiger partial charge < -0.3 is 5.73 Å². The van der Waals surface area contributed by atoms with Gasteiger partial charge in [-0.3, -0.25) is 15.0 Å². The molecule has 0 spiro atoms. The first-order valence-corrected chi connectivity index (χ1v) is 10.4. The van der Waals surface area contributed by atoms with E-state index in [2.05, 4.69) is 10.6 Å². The summed E-state index contributed by atoms with van der Waals surface area (Å²) >= 11 is 1.16. The molecule has 0 aliphatic carbocycles. The number of hydrazone groups is 1. The summed E-state index contributed by atoms with van der Waals surface area (Å²) in [5.41, 5.74) is 8.24. The molecule has 1 amide bonds. The lowest BCUT2D eigenvalue weighted by molar-refractivity contribution is -0.138. The summed E-state index contributed by atoms with van der Waals surface area (Å²) < 4.78 is 28.4. The Labute approximate surface area is 183 Å². The maximum atomic E-state index is 14.5. The number of hydrogen-bond acceptors (Lipinski definition) is 5. The predicted molar refractivity (Wildman–Crippen MR) is 116 cm³/mol. The second-order valence-electron chi connectivity index (χ2n) is 7.20. The molecule has 0 saturated carbocycles. The van der Waals surface area contributed by atoms with E-state index in [-0.39, 0.29) is 41.4 Å². The standard InChI is InChI=1S/C21H23F2N5O2S/c1-13(2)19(29)28-21(10-11-30-27-20(24)25,14-6-4-3-5-7-14)31-18(26-28)16-12-15(22)8-9-17(16)23/h3-9,12-13H,10-11H2,1-2H3,(H4,24,25,27)/t21-/m0/s1. The number of hydroxylamine groups is 1. The Hall–Kier alpha value is -2.98. The minimum absolute atomic E-state index is 0.0212. The lowest BCUT2D eigenvalue weighted by atomic mass is 10.0. The van der Waals surface area contributed by atoms with E-state index < -0.39 is 16.5 Å². The Bertz CT molecular complexity index is 1000. The molecule has 7 nitrogen and oxygen atoms in total. The van der Waals surface area contributed by atoms with Crippen LogP contribution < -0.4 is 11.2 Å². The number of amides is 1. The molecule has 3 rings (SSSR count). The first-order chi connectivity index (χ1) is 14.7. The van der Waals surface area contributed by atoms with Gasteiger partial charge in [-0.05, 0) is 23.8 Å². The van der Waals surface area contributed by atoms with Gasteiger partial charge in [0.15, 0.2) is 0 Å². The monoisotopic (exact) mass is 447 g/mol. The molecule has 1 aliphatic rings. The molecule has 164 valence electrons. The number of nitrogens with zero attached hydrogens (tertiary/aromatic N) is 2. The Kier molecular flexibility index (Phi) is 6.91. The number of guanidine groups is 1. The summed E-state index contributed by atoms with van der Waals surface area (Å²) in [6.45, 7) is 3.55. The topological polar surface area (TPSA) is 104 Å². The van der Waals surface area contributed by atoms with E-state index in [1.54, 1.807) is 13.8 Å². The lowest BCUT2D eigenvalue weighted by Gasteiger charge is -2.36. The van der Waals surface area contributed by atoms with Gasteiger partial charge in [-0.25, -0.2) is 19.3 Å². The zero-order chi connectivity index (χ0) is 22.6. The molecule has 0 unspecified atom stereocenters. The van der Waals surface area contributed by atoms with E-state index in [1.807, 2.05) is 30.3 Å². The number of nitrogens with two attached hydrogens (primary N) is 1. The third-order valence-corrected chi connectivity index (χ3v) is 6.06. The summed E-state index contributed by atoms with van der Waals surface area (Å²) in [4.78, 5) is 17.3. The van der Waals surface area contributed by atoms with Crippen LogP contribution in [0, 0.1) is 23.0 Å². The van der Waals surface area contributed by atoms with Crippen molar-refractivity contribution in [1.29, 1.82) is 5.41 Å². The average Bonchev–Trinajstić information content (AvgIpc) is 3.13. The molecule has 1 aliphatic heterocycles. The maximum Gasteiger partial charge on any atom is 0.246 e. The molecule has 4 N–H and O–H groups in total. The molecule has 31 heavy (non-hydrogen) atoms. The average molecular weight is 448 g/mol. The molecule has 0 radical (unpaired) electrons. The summed E-state index contributed by atoms with van der Waals surface area (Å²) in [7, 11) is 0. The van der Waals surface area contributed by atoms with Crippen LogP contribution in [0.3, 0.4) is 0 Å². The van der Waals surface area contributed by atoms with E-state index >= 15 is 0 Å². The molecule has 0 aromatic heterocycles. The predicted octanol–water partition coefficient (Wildman–Crippen LogP) is 3.52. The maximum absolute atomic E-state index is 14.5. The van der Waals surface area contributed by atoms with Crippen molar-refractivity contribution in [2.24, 2.45) is 16.8 Å². The smallest absolute Gasteiger partial charge is 0.246 e. The van der Waals surface area contributed by atoms with Gasteiger partial charge in [-0.2, -0.15) is 5.10 Å². The molecule has 1 heterocycles. The zero-order valence-electron chi connectivity index (χ0n) is 17.1. The summed E-state index contributed by atoms with van der Waals surface area (Å²) in [6.07, 6.45) is 0.240. The number of nitrogens with one attached hydrogen (secondary N) is 2. The fourth-order valence-corrected chi connectivity index (χ4v) is 4.50. The summed E-state index contributed by atoms with van der Waals surface area (Å²) in [6, 6.07) is 12.3. The van der Waals surface area contributed by atoms with Gasteiger partial charge in [-0.15, -0.1) is 0 Å². The molecule has 2 aromatic rings.